The Morgan fingerprint density at radius 1 is 0.800 bits per heavy atom. The third-order valence-corrected chi connectivity index (χ3v) is 4.89. The van der Waals surface area contributed by atoms with Crippen molar-refractivity contribution in [3.8, 4) is 0 Å². The number of alkyl halides is 6. The molecule has 188 valence electrons. The molecule has 0 aromatic heterocycles. The number of carboxylic acid groups (broad SMARTS) is 1. The van der Waals surface area contributed by atoms with Crippen LogP contribution in [0.2, 0.25) is 5.02 Å². The first-order valence-corrected chi connectivity index (χ1v) is 10.4. The molecule has 3 aromatic rings. The highest BCUT2D eigenvalue weighted by Crippen LogP contribution is 2.30. The minimum absolute atomic E-state index is 0.0447. The van der Waals surface area contributed by atoms with Crippen molar-refractivity contribution in [1.82, 2.24) is 0 Å². The molecule has 0 aliphatic heterocycles. The van der Waals surface area contributed by atoms with Crippen molar-refractivity contribution in [3.05, 3.63) is 99.8 Å². The SMILES string of the molecule is Fc1cc(NCCc2ccc(C(F)(F)F)cc2)ccc1Cl.O=C(O)Cc1ccc(C(F)(F)F)cc1. The van der Waals surface area contributed by atoms with Gasteiger partial charge in [0.05, 0.1) is 22.6 Å². The molecule has 0 heterocycles. The number of carbonyl (C=O) groups is 1. The summed E-state index contributed by atoms with van der Waals surface area (Å²) in [5, 5.41) is 11.4. The van der Waals surface area contributed by atoms with Crippen LogP contribution < -0.4 is 5.32 Å². The molecule has 0 amide bonds. The van der Waals surface area contributed by atoms with E-state index >= 15 is 0 Å². The van der Waals surface area contributed by atoms with Gasteiger partial charge < -0.3 is 10.4 Å². The average Bonchev–Trinajstić information content (AvgIpc) is 2.76. The molecule has 0 saturated heterocycles. The highest BCUT2D eigenvalue weighted by atomic mass is 35.5. The summed E-state index contributed by atoms with van der Waals surface area (Å²) in [6.07, 6.45) is -8.43. The van der Waals surface area contributed by atoms with E-state index in [1.165, 1.54) is 24.3 Å². The Hall–Kier alpha value is -3.27. The molecule has 0 radical (unpaired) electrons. The molecule has 0 aliphatic rings. The molecule has 3 rings (SSSR count). The van der Waals surface area contributed by atoms with Gasteiger partial charge in [-0.3, -0.25) is 4.79 Å². The van der Waals surface area contributed by atoms with Gasteiger partial charge in [0.2, 0.25) is 0 Å². The van der Waals surface area contributed by atoms with Crippen LogP contribution in [0.3, 0.4) is 0 Å². The molecule has 0 saturated carbocycles. The summed E-state index contributed by atoms with van der Waals surface area (Å²) >= 11 is 5.57. The van der Waals surface area contributed by atoms with Crippen LogP contribution in [0.25, 0.3) is 0 Å². The molecule has 11 heteroatoms. The molecule has 3 nitrogen and oxygen atoms in total. The zero-order valence-electron chi connectivity index (χ0n) is 17.9. The number of rotatable bonds is 6. The van der Waals surface area contributed by atoms with Gasteiger partial charge >= 0.3 is 18.3 Å². The van der Waals surface area contributed by atoms with E-state index in [2.05, 4.69) is 5.32 Å². The van der Waals surface area contributed by atoms with Gasteiger partial charge in [0.25, 0.3) is 0 Å². The van der Waals surface area contributed by atoms with Crippen LogP contribution in [0.1, 0.15) is 22.3 Å². The number of hydrogen-bond acceptors (Lipinski definition) is 2. The number of anilines is 1. The topological polar surface area (TPSA) is 49.3 Å². The maximum absolute atomic E-state index is 13.2. The number of aliphatic carboxylic acids is 1. The lowest BCUT2D eigenvalue weighted by molar-refractivity contribution is -0.138. The molecule has 2 N–H and O–H groups in total. The smallest absolute Gasteiger partial charge is 0.416 e. The van der Waals surface area contributed by atoms with Gasteiger partial charge in [0.15, 0.2) is 0 Å². The molecular weight excluding hydrogens is 503 g/mol. The number of nitrogens with one attached hydrogen (secondary N) is 1. The number of hydrogen-bond donors (Lipinski definition) is 2. The summed E-state index contributed by atoms with van der Waals surface area (Å²) < 4.78 is 86.6. The Labute approximate surface area is 201 Å². The highest BCUT2D eigenvalue weighted by molar-refractivity contribution is 6.30. The third kappa shape index (κ3) is 9.48. The maximum Gasteiger partial charge on any atom is 0.416 e. The number of benzene rings is 3. The van der Waals surface area contributed by atoms with Crippen LogP contribution in [0, 0.1) is 5.82 Å². The van der Waals surface area contributed by atoms with E-state index in [0.29, 0.717) is 24.2 Å². The molecule has 0 unspecified atom stereocenters. The fourth-order valence-electron chi connectivity index (χ4n) is 2.80. The van der Waals surface area contributed by atoms with Crippen LogP contribution >= 0.6 is 11.6 Å². The van der Waals surface area contributed by atoms with E-state index in [4.69, 9.17) is 16.7 Å². The van der Waals surface area contributed by atoms with E-state index in [0.717, 1.165) is 42.0 Å². The first-order valence-electron chi connectivity index (χ1n) is 9.98. The van der Waals surface area contributed by atoms with Crippen LogP contribution in [-0.4, -0.2) is 17.6 Å². The third-order valence-electron chi connectivity index (χ3n) is 4.58. The Morgan fingerprint density at radius 2 is 1.29 bits per heavy atom. The summed E-state index contributed by atoms with van der Waals surface area (Å²) in [5.74, 6) is -1.58. The number of carboxylic acids is 1. The summed E-state index contributed by atoms with van der Waals surface area (Å²) in [5.41, 5.74) is 0.255. The minimum Gasteiger partial charge on any atom is -0.481 e. The van der Waals surface area contributed by atoms with Crippen LogP contribution in [0.15, 0.2) is 66.7 Å². The molecular formula is C24H19ClF7NO2. The largest absolute Gasteiger partial charge is 0.481 e. The first kappa shape index (κ1) is 28.0. The monoisotopic (exact) mass is 521 g/mol. The van der Waals surface area contributed by atoms with Gasteiger partial charge in [-0.25, -0.2) is 4.39 Å². The van der Waals surface area contributed by atoms with E-state index in [1.807, 2.05) is 0 Å². The van der Waals surface area contributed by atoms with Crippen LogP contribution in [-0.2, 0) is 30.0 Å². The molecule has 0 fully saturated rings. The Kier molecular flexibility index (Phi) is 9.53. The fraction of sp³-hybridized carbons (Fsp3) is 0.208. The fourth-order valence-corrected chi connectivity index (χ4v) is 2.92. The Bertz CT molecular complexity index is 1110. The van der Waals surface area contributed by atoms with Gasteiger partial charge in [-0.1, -0.05) is 35.9 Å². The standard InChI is InChI=1S/C15H12ClF4N.C9H7F3O2/c16-13-6-5-12(9-14(13)17)21-8-7-10-1-3-11(4-2-10)15(18,19)20;10-9(11,12)7-3-1-6(2-4-7)5-8(13)14/h1-6,9,21H,7-8H2;1-4H,5H2,(H,13,14). The second-order valence-corrected chi connectivity index (χ2v) is 7.67. The molecule has 0 aliphatic carbocycles. The van der Waals surface area contributed by atoms with E-state index < -0.39 is 35.3 Å². The summed E-state index contributed by atoms with van der Waals surface area (Å²) in [4.78, 5) is 10.2. The Balaban J connectivity index is 0.000000269. The quantitative estimate of drug-likeness (QED) is 0.331. The normalized spacial score (nSPS) is 11.4. The van der Waals surface area contributed by atoms with Crippen molar-refractivity contribution in [2.45, 2.75) is 25.2 Å². The molecule has 35 heavy (non-hydrogen) atoms. The molecule has 0 bridgehead atoms. The van der Waals surface area contributed by atoms with Crippen molar-refractivity contribution in [3.63, 3.8) is 0 Å². The van der Waals surface area contributed by atoms with E-state index in [-0.39, 0.29) is 11.4 Å². The van der Waals surface area contributed by atoms with E-state index in [9.17, 15) is 35.5 Å². The van der Waals surface area contributed by atoms with Gasteiger partial charge in [0.1, 0.15) is 5.82 Å². The van der Waals surface area contributed by atoms with Crippen LogP contribution in [0.4, 0.5) is 36.4 Å². The second kappa shape index (κ2) is 11.9. The van der Waals surface area contributed by atoms with Crippen molar-refractivity contribution in [2.75, 3.05) is 11.9 Å². The predicted octanol–water partition coefficient (Wildman–Crippen LogP) is 7.49. The van der Waals surface area contributed by atoms with Crippen molar-refractivity contribution >= 4 is 23.3 Å². The molecule has 0 atom stereocenters. The van der Waals surface area contributed by atoms with Crippen molar-refractivity contribution < 1.29 is 40.6 Å². The Morgan fingerprint density at radius 3 is 1.71 bits per heavy atom. The maximum atomic E-state index is 13.2. The van der Waals surface area contributed by atoms with Gasteiger partial charge in [0, 0.05) is 12.2 Å². The lowest BCUT2D eigenvalue weighted by atomic mass is 10.1. The number of halogens is 8. The highest BCUT2D eigenvalue weighted by Gasteiger charge is 2.30. The summed E-state index contributed by atoms with van der Waals surface area (Å²) in [6, 6.07) is 13.4. The van der Waals surface area contributed by atoms with E-state index in [1.54, 1.807) is 6.07 Å². The second-order valence-electron chi connectivity index (χ2n) is 7.27. The zero-order valence-corrected chi connectivity index (χ0v) is 18.6. The predicted molar refractivity (Wildman–Crippen MR) is 118 cm³/mol. The van der Waals surface area contributed by atoms with Gasteiger partial charge in [-0.15, -0.1) is 0 Å². The lowest BCUT2D eigenvalue weighted by Gasteiger charge is -2.09. The molecule has 0 spiro atoms. The average molecular weight is 522 g/mol. The minimum atomic E-state index is -4.37. The zero-order chi connectivity index (χ0) is 26.2. The summed E-state index contributed by atoms with van der Waals surface area (Å²) in [6.45, 7) is 0.479. The van der Waals surface area contributed by atoms with Crippen LogP contribution in [0.5, 0.6) is 0 Å². The first-order chi connectivity index (χ1) is 16.3. The lowest BCUT2D eigenvalue weighted by Crippen LogP contribution is -2.07. The van der Waals surface area contributed by atoms with Gasteiger partial charge in [-0.2, -0.15) is 26.3 Å². The summed E-state index contributed by atoms with van der Waals surface area (Å²) in [7, 11) is 0. The van der Waals surface area contributed by atoms with Crippen molar-refractivity contribution in [1.29, 1.82) is 0 Å². The van der Waals surface area contributed by atoms with Gasteiger partial charge in [-0.05, 0) is 60.0 Å². The van der Waals surface area contributed by atoms with Crippen molar-refractivity contribution in [2.24, 2.45) is 0 Å². The molecule has 3 aromatic carbocycles.